The maximum Gasteiger partial charge on any atom is 0.220 e. The van der Waals surface area contributed by atoms with Crippen molar-refractivity contribution in [1.29, 1.82) is 0 Å². The summed E-state index contributed by atoms with van der Waals surface area (Å²) >= 11 is 0. The van der Waals surface area contributed by atoms with Crippen LogP contribution in [0.25, 0.3) is 11.2 Å². The molecule has 1 aliphatic rings. The van der Waals surface area contributed by atoms with Gasteiger partial charge in [0.1, 0.15) is 11.8 Å². The second-order valence-corrected chi connectivity index (χ2v) is 3.21. The van der Waals surface area contributed by atoms with Crippen molar-refractivity contribution in [3.05, 3.63) is 12.1 Å². The molecule has 3 rings (SSSR count). The van der Waals surface area contributed by atoms with Gasteiger partial charge in [-0.2, -0.15) is 4.98 Å². The summed E-state index contributed by atoms with van der Waals surface area (Å²) in [5.41, 5.74) is 7.84. The van der Waals surface area contributed by atoms with Gasteiger partial charge in [-0.1, -0.05) is 0 Å². The first kappa shape index (κ1) is 7.95. The Balaban J connectivity index is 2.24. The topological polar surface area (TPSA) is 79.1 Å². The molecule has 0 amide bonds. The fourth-order valence-electron chi connectivity index (χ4n) is 1.79. The van der Waals surface area contributed by atoms with E-state index < -0.39 is 0 Å². The predicted molar refractivity (Wildman–Crippen MR) is 47.5 cm³/mol. The molecule has 2 aromatic heterocycles. The van der Waals surface area contributed by atoms with Gasteiger partial charge in [-0.3, -0.25) is 4.68 Å². The van der Waals surface area contributed by atoms with Crippen molar-refractivity contribution in [3.63, 3.8) is 0 Å². The Hall–Kier alpha value is -1.40. The highest BCUT2D eigenvalue weighted by Gasteiger charge is 2.26. The van der Waals surface area contributed by atoms with E-state index in [-0.39, 0.29) is 6.10 Å². The molecular weight excluding hydrogens is 184 g/mol. The Morgan fingerprint density at radius 2 is 2.57 bits per heavy atom. The van der Waals surface area contributed by atoms with E-state index in [2.05, 4.69) is 10.1 Å². The molecule has 0 bridgehead atoms. The van der Waals surface area contributed by atoms with E-state index >= 15 is 0 Å². The van der Waals surface area contributed by atoms with Crippen LogP contribution in [0.1, 0.15) is 11.8 Å². The van der Waals surface area contributed by atoms with Gasteiger partial charge < -0.3 is 14.9 Å². The molecule has 0 spiro atoms. The molecule has 2 aromatic rings. The van der Waals surface area contributed by atoms with Crippen molar-refractivity contribution >= 4 is 11.2 Å². The van der Waals surface area contributed by atoms with Crippen molar-refractivity contribution < 1.29 is 9.15 Å². The Kier molecular flexibility index (Phi) is 1.59. The van der Waals surface area contributed by atoms with Crippen molar-refractivity contribution in [3.8, 4) is 0 Å². The third kappa shape index (κ3) is 0.919. The number of oxazole rings is 1. The zero-order valence-electron chi connectivity index (χ0n) is 7.51. The molecule has 14 heavy (non-hydrogen) atoms. The number of rotatable bonds is 1. The fourth-order valence-corrected chi connectivity index (χ4v) is 1.79. The van der Waals surface area contributed by atoms with Crippen LogP contribution in [0.5, 0.6) is 0 Å². The van der Waals surface area contributed by atoms with Crippen LogP contribution in [0.15, 0.2) is 10.8 Å². The SMILES string of the molecule is NC[C@H]1OCCn2nc3ncoc3c21. The molecule has 6 heteroatoms. The molecule has 3 heterocycles. The Morgan fingerprint density at radius 1 is 1.64 bits per heavy atom. The van der Waals surface area contributed by atoms with Crippen LogP contribution >= 0.6 is 0 Å². The summed E-state index contributed by atoms with van der Waals surface area (Å²) in [7, 11) is 0. The molecule has 0 saturated heterocycles. The summed E-state index contributed by atoms with van der Waals surface area (Å²) in [4.78, 5) is 4.00. The Bertz CT molecular complexity index is 461. The number of nitrogens with zero attached hydrogens (tertiary/aromatic N) is 3. The Labute approximate surface area is 79.6 Å². The predicted octanol–water partition coefficient (Wildman–Crippen LogP) is 0.0543. The third-order valence-electron chi connectivity index (χ3n) is 2.42. The second kappa shape index (κ2) is 2.79. The minimum Gasteiger partial charge on any atom is -0.440 e. The molecule has 1 aliphatic heterocycles. The first-order chi connectivity index (χ1) is 6.90. The summed E-state index contributed by atoms with van der Waals surface area (Å²) in [5.74, 6) is 0. The fraction of sp³-hybridized carbons (Fsp3) is 0.500. The lowest BCUT2D eigenvalue weighted by atomic mass is 10.2. The minimum absolute atomic E-state index is 0.123. The van der Waals surface area contributed by atoms with Crippen molar-refractivity contribution in [1.82, 2.24) is 14.8 Å². The highest BCUT2D eigenvalue weighted by Crippen LogP contribution is 2.28. The summed E-state index contributed by atoms with van der Waals surface area (Å²) < 4.78 is 12.6. The molecule has 0 aromatic carbocycles. The molecule has 0 aliphatic carbocycles. The summed E-state index contributed by atoms with van der Waals surface area (Å²) in [6, 6.07) is 0. The van der Waals surface area contributed by atoms with Crippen LogP contribution in [0.3, 0.4) is 0 Å². The maximum atomic E-state index is 5.61. The van der Waals surface area contributed by atoms with Gasteiger partial charge in [0.25, 0.3) is 0 Å². The Morgan fingerprint density at radius 3 is 3.43 bits per heavy atom. The van der Waals surface area contributed by atoms with Gasteiger partial charge in [-0.15, -0.1) is 5.10 Å². The highest BCUT2D eigenvalue weighted by molar-refractivity contribution is 5.71. The van der Waals surface area contributed by atoms with Gasteiger partial charge >= 0.3 is 0 Å². The number of ether oxygens (including phenoxy) is 1. The van der Waals surface area contributed by atoms with Crippen LogP contribution in [0.2, 0.25) is 0 Å². The largest absolute Gasteiger partial charge is 0.440 e. The average molecular weight is 194 g/mol. The van der Waals surface area contributed by atoms with Crippen LogP contribution in [-0.4, -0.2) is 27.9 Å². The van der Waals surface area contributed by atoms with Gasteiger partial charge in [0, 0.05) is 6.54 Å². The zero-order valence-corrected chi connectivity index (χ0v) is 7.51. The van der Waals surface area contributed by atoms with Gasteiger partial charge in [0.05, 0.1) is 13.2 Å². The third-order valence-corrected chi connectivity index (χ3v) is 2.42. The van der Waals surface area contributed by atoms with Crippen LogP contribution in [0.4, 0.5) is 0 Å². The number of fused-ring (bicyclic) bond motifs is 3. The number of aromatic nitrogens is 3. The summed E-state index contributed by atoms with van der Waals surface area (Å²) in [5, 5.41) is 4.29. The number of hydrogen-bond donors (Lipinski definition) is 1. The molecule has 74 valence electrons. The van der Waals surface area contributed by atoms with Crippen LogP contribution in [-0.2, 0) is 11.3 Å². The van der Waals surface area contributed by atoms with E-state index in [9.17, 15) is 0 Å². The minimum atomic E-state index is -0.123. The summed E-state index contributed by atoms with van der Waals surface area (Å²) in [6.07, 6.45) is 1.27. The van der Waals surface area contributed by atoms with E-state index in [0.29, 0.717) is 24.4 Å². The van der Waals surface area contributed by atoms with Gasteiger partial charge in [-0.25, -0.2) is 0 Å². The lowest BCUT2D eigenvalue weighted by Crippen LogP contribution is -2.27. The van der Waals surface area contributed by atoms with E-state index in [1.165, 1.54) is 6.39 Å². The zero-order chi connectivity index (χ0) is 9.54. The molecule has 0 saturated carbocycles. The lowest BCUT2D eigenvalue weighted by Gasteiger charge is -2.22. The number of nitrogens with two attached hydrogens (primary N) is 1. The monoisotopic (exact) mass is 194 g/mol. The van der Waals surface area contributed by atoms with Crippen molar-refractivity contribution in [2.24, 2.45) is 5.73 Å². The smallest absolute Gasteiger partial charge is 0.220 e. The molecule has 0 fully saturated rings. The number of hydrogen-bond acceptors (Lipinski definition) is 5. The molecule has 2 N–H and O–H groups in total. The normalized spacial score (nSPS) is 21.4. The van der Waals surface area contributed by atoms with Crippen LogP contribution in [0, 0.1) is 0 Å². The molecule has 0 unspecified atom stereocenters. The van der Waals surface area contributed by atoms with Crippen LogP contribution < -0.4 is 5.73 Å². The molecule has 0 radical (unpaired) electrons. The van der Waals surface area contributed by atoms with Crippen molar-refractivity contribution in [2.45, 2.75) is 12.6 Å². The van der Waals surface area contributed by atoms with Gasteiger partial charge in [0.15, 0.2) is 12.0 Å². The standard InChI is InChI=1S/C8H10N4O2/c9-3-5-6-7-8(10-4-14-7)11-12(6)1-2-13-5/h4-5H,1-3,9H2/t5-/m1/s1. The maximum absolute atomic E-state index is 5.61. The second-order valence-electron chi connectivity index (χ2n) is 3.21. The van der Waals surface area contributed by atoms with E-state index in [1.807, 2.05) is 4.68 Å². The lowest BCUT2D eigenvalue weighted by molar-refractivity contribution is 0.0228. The van der Waals surface area contributed by atoms with Gasteiger partial charge in [0.2, 0.25) is 5.65 Å². The van der Waals surface area contributed by atoms with E-state index in [1.54, 1.807) is 0 Å². The highest BCUT2D eigenvalue weighted by atomic mass is 16.5. The average Bonchev–Trinajstić information content (AvgIpc) is 2.75. The summed E-state index contributed by atoms with van der Waals surface area (Å²) in [6.45, 7) is 1.80. The van der Waals surface area contributed by atoms with E-state index in [0.717, 1.165) is 12.2 Å². The molecular formula is C8H10N4O2. The quantitative estimate of drug-likeness (QED) is 0.694. The molecule has 1 atom stereocenters. The van der Waals surface area contributed by atoms with Crippen molar-refractivity contribution in [2.75, 3.05) is 13.2 Å². The first-order valence-electron chi connectivity index (χ1n) is 4.51. The molecule has 6 nitrogen and oxygen atoms in total. The first-order valence-corrected chi connectivity index (χ1v) is 4.51. The van der Waals surface area contributed by atoms with E-state index in [4.69, 9.17) is 14.9 Å². The van der Waals surface area contributed by atoms with Gasteiger partial charge in [-0.05, 0) is 0 Å².